The van der Waals surface area contributed by atoms with Gasteiger partial charge in [-0.2, -0.15) is 13.2 Å². The molecular formula is C59H69F4N7O9S2. The predicted molar refractivity (Wildman–Crippen MR) is 298 cm³/mol. The molecule has 1 amide bonds. The number of sulfone groups is 1. The maximum Gasteiger partial charge on any atom is 0.502 e. The first-order valence-electron chi connectivity index (χ1n) is 27.5. The van der Waals surface area contributed by atoms with Gasteiger partial charge in [-0.15, -0.1) is 0 Å². The van der Waals surface area contributed by atoms with E-state index in [-0.39, 0.29) is 58.8 Å². The van der Waals surface area contributed by atoms with E-state index >= 15 is 4.39 Å². The second-order valence-electron chi connectivity index (χ2n) is 22.9. The molecule has 2 aliphatic heterocycles. The van der Waals surface area contributed by atoms with Crippen molar-refractivity contribution in [3.05, 3.63) is 125 Å². The van der Waals surface area contributed by atoms with Crippen LogP contribution in [0.25, 0.3) is 5.83 Å². The van der Waals surface area contributed by atoms with Crippen molar-refractivity contribution in [1.82, 2.24) is 24.5 Å². The molecule has 3 aliphatic carbocycles. The number of ether oxygens (including phenoxy) is 3. The number of nitrogens with zero attached hydrogens (tertiary/aromatic N) is 5. The van der Waals surface area contributed by atoms with Gasteiger partial charge in [0.05, 0.1) is 31.1 Å². The minimum atomic E-state index is -6.18. The van der Waals surface area contributed by atoms with Crippen LogP contribution in [0, 0.1) is 11.3 Å². The number of amides is 1. The number of carbonyl (C=O) groups excluding carboxylic acids is 1. The molecule has 4 heterocycles. The fourth-order valence-electron chi connectivity index (χ4n) is 12.4. The van der Waals surface area contributed by atoms with Gasteiger partial charge in [0.2, 0.25) is 0 Å². The Morgan fingerprint density at radius 3 is 2.28 bits per heavy atom. The lowest BCUT2D eigenvalue weighted by Crippen LogP contribution is -2.60. The van der Waals surface area contributed by atoms with Crippen molar-refractivity contribution in [2.75, 3.05) is 63.7 Å². The van der Waals surface area contributed by atoms with Crippen LogP contribution in [-0.2, 0) is 32.8 Å². The highest BCUT2D eigenvalue weighted by Gasteiger charge is 2.51. The van der Waals surface area contributed by atoms with E-state index in [1.165, 1.54) is 42.0 Å². The quantitative estimate of drug-likeness (QED) is 0.0744. The number of nitrogens with one attached hydrogen (secondary N) is 2. The normalized spacial score (nSPS) is 21.8. The molecular weight excluding hydrogens is 1090 g/mol. The van der Waals surface area contributed by atoms with Crippen molar-refractivity contribution < 1.29 is 58.5 Å². The van der Waals surface area contributed by atoms with Gasteiger partial charge in [0.25, 0.3) is 31.6 Å². The van der Waals surface area contributed by atoms with E-state index in [4.69, 9.17) is 14.2 Å². The van der Waals surface area contributed by atoms with Crippen LogP contribution in [0.15, 0.2) is 101 Å². The topological polar surface area (TPSA) is 193 Å². The number of hydrogen-bond donors (Lipinski definition) is 3. The second kappa shape index (κ2) is 22.8. The molecule has 0 radical (unpaired) electrons. The van der Waals surface area contributed by atoms with E-state index in [1.807, 2.05) is 16.9 Å². The number of carbonyl (C=O) groups is 1. The van der Waals surface area contributed by atoms with Crippen LogP contribution in [0.5, 0.6) is 23.1 Å². The molecule has 4 fully saturated rings. The SMILES string of the molecule is COc1ccc(CN2CCN(C3CC4(CCN(c5ccc(C(=O)NS(=O)(=O)c6cnc(NCC7CCC(C)(O)CC7)c(S(=O)(=O)C(F)(F)F)c6)c(Oc6cc7c(nc6OC)CC=C7F)c5)CC4)C3)[C@H](c3ccccc3C(C)C)C2)cc1. The van der Waals surface area contributed by atoms with Gasteiger partial charge < -0.3 is 29.5 Å². The lowest BCUT2D eigenvalue weighted by atomic mass is 9.59. The number of rotatable bonds is 17. The van der Waals surface area contributed by atoms with Crippen molar-refractivity contribution in [2.24, 2.45) is 11.3 Å². The number of fused-ring (bicyclic) bond motifs is 1. The van der Waals surface area contributed by atoms with E-state index in [2.05, 4.69) is 80.2 Å². The number of sulfonamides is 1. The number of piperidine rings is 1. The monoisotopic (exact) mass is 1160 g/mol. The first-order chi connectivity index (χ1) is 38.4. The van der Waals surface area contributed by atoms with Gasteiger partial charge in [-0.05, 0) is 135 Å². The second-order valence-corrected chi connectivity index (χ2v) is 26.5. The summed E-state index contributed by atoms with van der Waals surface area (Å²) in [5, 5.41) is 13.0. The first kappa shape index (κ1) is 57.9. The predicted octanol–water partition coefficient (Wildman–Crippen LogP) is 10.3. The van der Waals surface area contributed by atoms with Crippen LogP contribution in [0.3, 0.4) is 0 Å². The molecule has 5 aromatic rings. The van der Waals surface area contributed by atoms with Crippen LogP contribution >= 0.6 is 0 Å². The lowest BCUT2D eigenvalue weighted by Gasteiger charge is -2.58. The molecule has 10 rings (SSSR count). The van der Waals surface area contributed by atoms with E-state index in [9.17, 15) is 39.9 Å². The molecule has 3 aromatic carbocycles. The zero-order valence-electron chi connectivity index (χ0n) is 46.1. The van der Waals surface area contributed by atoms with Gasteiger partial charge in [0.1, 0.15) is 32.9 Å². The minimum absolute atomic E-state index is 0.00234. The van der Waals surface area contributed by atoms with Gasteiger partial charge in [-0.1, -0.05) is 50.2 Å². The van der Waals surface area contributed by atoms with E-state index in [1.54, 1.807) is 26.2 Å². The number of methoxy groups -OCH3 is 2. The Morgan fingerprint density at radius 2 is 1.60 bits per heavy atom. The van der Waals surface area contributed by atoms with Gasteiger partial charge in [0, 0.05) is 87.8 Å². The number of aliphatic hydroxyl groups is 1. The van der Waals surface area contributed by atoms with Crippen molar-refractivity contribution in [3.63, 3.8) is 0 Å². The van der Waals surface area contributed by atoms with Crippen molar-refractivity contribution in [1.29, 1.82) is 0 Å². The molecule has 434 valence electrons. The Hall–Kier alpha value is -6.33. The first-order valence-corrected chi connectivity index (χ1v) is 30.5. The third kappa shape index (κ3) is 12.3. The van der Waals surface area contributed by atoms with E-state index < -0.39 is 58.3 Å². The highest BCUT2D eigenvalue weighted by atomic mass is 32.2. The highest BCUT2D eigenvalue weighted by molar-refractivity contribution is 7.92. The fourth-order valence-corrected chi connectivity index (χ4v) is 14.3. The minimum Gasteiger partial charge on any atom is -0.497 e. The molecule has 81 heavy (non-hydrogen) atoms. The summed E-state index contributed by atoms with van der Waals surface area (Å²) in [5.74, 6) is -1.80. The number of pyridine rings is 2. The number of hydrogen-bond acceptors (Lipinski definition) is 15. The summed E-state index contributed by atoms with van der Waals surface area (Å²) in [5.41, 5.74) is -1.82. The molecule has 0 unspecified atom stereocenters. The molecule has 2 saturated heterocycles. The molecule has 0 bridgehead atoms. The summed E-state index contributed by atoms with van der Waals surface area (Å²) in [6.07, 6.45) is 7.90. The summed E-state index contributed by atoms with van der Waals surface area (Å²) >= 11 is 0. The van der Waals surface area contributed by atoms with E-state index in [0.29, 0.717) is 74.4 Å². The number of aromatic nitrogens is 2. The number of anilines is 2. The summed E-state index contributed by atoms with van der Waals surface area (Å²) in [4.78, 5) is 27.5. The molecule has 3 N–H and O–H groups in total. The number of piperazine rings is 1. The Labute approximate surface area is 470 Å². The molecule has 2 aromatic heterocycles. The Kier molecular flexibility index (Phi) is 16.3. The average Bonchev–Trinajstić information content (AvgIpc) is 3.62. The van der Waals surface area contributed by atoms with Crippen LogP contribution < -0.4 is 29.1 Å². The van der Waals surface area contributed by atoms with Crippen molar-refractivity contribution in [3.8, 4) is 23.1 Å². The summed E-state index contributed by atoms with van der Waals surface area (Å²) < 4.78 is 131. The standard InChI is InChI=1S/C59H69F4N7O9S2/c1-37(2)44-8-6-7-9-45(44)50-36-68(35-39-10-13-42(77-4)14-11-39)26-27-70(50)41-31-58(32-41)22-24-69(25-23-58)40-12-15-46(51(28-40)79-52-30-47-48(60)16-17-49(47)66-56(52)78-5)55(71)67-81(75,76)43-29-53(80(73,74)59(61,62)63)54(65-34-43)64-33-38-18-20-57(3,72)21-19-38/h6-16,28-30,34,37-38,41,50,72H,17-27,31-33,35-36H2,1-5H3,(H,64,65)(H,67,71)/t38?,50-,57?/m0/s1. The van der Waals surface area contributed by atoms with E-state index in [0.717, 1.165) is 57.6 Å². The molecule has 2 saturated carbocycles. The maximum atomic E-state index is 15.0. The molecule has 5 aliphatic rings. The molecule has 1 atom stereocenters. The van der Waals surface area contributed by atoms with Crippen LogP contribution in [-0.4, -0.2) is 118 Å². The van der Waals surface area contributed by atoms with Gasteiger partial charge in [-0.25, -0.2) is 35.9 Å². The highest BCUT2D eigenvalue weighted by Crippen LogP contribution is 2.54. The molecule has 22 heteroatoms. The Balaban J connectivity index is 0.876. The van der Waals surface area contributed by atoms with Gasteiger partial charge in [0.15, 0.2) is 5.75 Å². The summed E-state index contributed by atoms with van der Waals surface area (Å²) in [6, 6.07) is 24.0. The van der Waals surface area contributed by atoms with Crippen molar-refractivity contribution >= 4 is 43.1 Å². The fraction of sp³-hybridized carbons (Fsp3) is 0.475. The zero-order chi connectivity index (χ0) is 57.6. The van der Waals surface area contributed by atoms with Crippen LogP contribution in [0.1, 0.15) is 122 Å². The number of halogens is 4. The number of allylic oxidation sites excluding steroid dienone is 1. The summed E-state index contributed by atoms with van der Waals surface area (Å²) in [7, 11) is -8.30. The van der Waals surface area contributed by atoms with Crippen molar-refractivity contribution in [2.45, 2.75) is 124 Å². The third-order valence-electron chi connectivity index (χ3n) is 17.1. The van der Waals surface area contributed by atoms with Gasteiger partial charge in [-0.3, -0.25) is 14.6 Å². The largest absolute Gasteiger partial charge is 0.502 e. The molecule has 1 spiro atoms. The third-order valence-corrected chi connectivity index (χ3v) is 19.9. The van der Waals surface area contributed by atoms with Crippen LogP contribution in [0.2, 0.25) is 0 Å². The maximum absolute atomic E-state index is 15.0. The number of alkyl halides is 3. The lowest BCUT2D eigenvalue weighted by molar-refractivity contribution is -0.0628. The summed E-state index contributed by atoms with van der Waals surface area (Å²) in [6.45, 7) is 11.1. The average molecular weight is 1160 g/mol. The smallest absolute Gasteiger partial charge is 0.497 e. The number of benzene rings is 3. The zero-order valence-corrected chi connectivity index (χ0v) is 47.7. The van der Waals surface area contributed by atoms with Crippen LogP contribution in [0.4, 0.5) is 29.1 Å². The van der Waals surface area contributed by atoms with Gasteiger partial charge >= 0.3 is 5.51 Å². The Bertz CT molecular complexity index is 3410. The molecule has 16 nitrogen and oxygen atoms in total. The Morgan fingerprint density at radius 1 is 0.889 bits per heavy atom.